The molecule has 0 saturated heterocycles. The van der Waals surface area contributed by atoms with Crippen molar-refractivity contribution < 1.29 is 5.11 Å². The van der Waals surface area contributed by atoms with Crippen LogP contribution in [0.3, 0.4) is 0 Å². The van der Waals surface area contributed by atoms with Gasteiger partial charge in [0.2, 0.25) is 0 Å². The molecule has 0 bridgehead atoms. The molecule has 2 heterocycles. The lowest BCUT2D eigenvalue weighted by molar-refractivity contribution is 0.176. The zero-order chi connectivity index (χ0) is 13.4. The smallest absolute Gasteiger partial charge is 0.193 e. The van der Waals surface area contributed by atoms with Crippen molar-refractivity contribution in [2.45, 2.75) is 12.5 Å². The van der Waals surface area contributed by atoms with E-state index in [1.54, 1.807) is 23.5 Å². The Bertz CT molecular complexity index is 696. The highest BCUT2D eigenvalue weighted by Gasteiger charge is 2.15. The van der Waals surface area contributed by atoms with Gasteiger partial charge in [0.05, 0.1) is 11.8 Å². The lowest BCUT2D eigenvalue weighted by Gasteiger charge is -2.11. The molecular formula is C13H10BrClN2OS. The van der Waals surface area contributed by atoms with Gasteiger partial charge in [0.25, 0.3) is 0 Å². The van der Waals surface area contributed by atoms with E-state index in [1.807, 2.05) is 28.2 Å². The first-order valence-corrected chi connectivity index (χ1v) is 7.72. The molecule has 0 saturated carbocycles. The summed E-state index contributed by atoms with van der Waals surface area (Å²) in [7, 11) is 0. The number of aliphatic hydroxyl groups excluding tert-OH is 1. The van der Waals surface area contributed by atoms with Crippen LogP contribution in [0.1, 0.15) is 17.4 Å². The highest BCUT2D eigenvalue weighted by atomic mass is 79.9. The fourth-order valence-corrected chi connectivity index (χ4v) is 3.36. The number of halogens is 2. The van der Waals surface area contributed by atoms with Crippen molar-refractivity contribution >= 4 is 43.8 Å². The minimum atomic E-state index is -0.627. The molecule has 3 nitrogen and oxygen atoms in total. The molecule has 1 aromatic carbocycles. The van der Waals surface area contributed by atoms with Crippen molar-refractivity contribution in [3.05, 3.63) is 56.7 Å². The van der Waals surface area contributed by atoms with E-state index in [9.17, 15) is 5.11 Å². The van der Waals surface area contributed by atoms with E-state index in [4.69, 9.17) is 11.6 Å². The number of fused-ring (bicyclic) bond motifs is 1. The summed E-state index contributed by atoms with van der Waals surface area (Å²) in [5, 5.41) is 12.9. The van der Waals surface area contributed by atoms with Crippen molar-refractivity contribution in [2.24, 2.45) is 0 Å². The van der Waals surface area contributed by atoms with Gasteiger partial charge in [-0.3, -0.25) is 4.40 Å². The van der Waals surface area contributed by atoms with Crippen LogP contribution < -0.4 is 0 Å². The predicted octanol–water partition coefficient (Wildman–Crippen LogP) is 4.09. The number of benzene rings is 1. The Morgan fingerprint density at radius 3 is 3.11 bits per heavy atom. The van der Waals surface area contributed by atoms with Crippen molar-refractivity contribution in [1.82, 2.24) is 9.38 Å². The highest BCUT2D eigenvalue weighted by Crippen LogP contribution is 2.29. The van der Waals surface area contributed by atoms with E-state index < -0.39 is 6.10 Å². The molecule has 0 aliphatic heterocycles. The normalized spacial score (nSPS) is 13.0. The number of aromatic nitrogens is 2. The van der Waals surface area contributed by atoms with Gasteiger partial charge in [-0.25, -0.2) is 4.98 Å². The Morgan fingerprint density at radius 1 is 1.47 bits per heavy atom. The van der Waals surface area contributed by atoms with Gasteiger partial charge < -0.3 is 5.11 Å². The largest absolute Gasteiger partial charge is 0.388 e. The molecule has 1 N–H and O–H groups in total. The van der Waals surface area contributed by atoms with Crippen LogP contribution in [0, 0.1) is 0 Å². The van der Waals surface area contributed by atoms with Crippen LogP contribution in [0.15, 0.2) is 40.4 Å². The molecule has 0 fully saturated rings. The molecule has 2 aromatic heterocycles. The summed E-state index contributed by atoms with van der Waals surface area (Å²) in [6.07, 6.45) is 3.73. The number of hydrogen-bond donors (Lipinski definition) is 1. The van der Waals surface area contributed by atoms with Crippen LogP contribution in [0.25, 0.3) is 4.96 Å². The van der Waals surface area contributed by atoms with Crippen LogP contribution in [0.5, 0.6) is 0 Å². The van der Waals surface area contributed by atoms with Gasteiger partial charge in [0, 0.05) is 33.7 Å². The number of imidazole rings is 1. The van der Waals surface area contributed by atoms with Gasteiger partial charge in [-0.2, -0.15) is 0 Å². The standard InChI is InChI=1S/C13H10BrClN2OS/c14-11-2-1-8(15)5-10(11)12(18)6-9-7-17-3-4-19-13(17)16-9/h1-5,7,12,18H,6H2. The summed E-state index contributed by atoms with van der Waals surface area (Å²) in [6, 6.07) is 5.40. The maximum Gasteiger partial charge on any atom is 0.193 e. The fraction of sp³-hybridized carbons (Fsp3) is 0.154. The number of hydrogen-bond acceptors (Lipinski definition) is 3. The molecule has 0 aliphatic carbocycles. The van der Waals surface area contributed by atoms with Crippen molar-refractivity contribution in [3.8, 4) is 0 Å². The van der Waals surface area contributed by atoms with Crippen molar-refractivity contribution in [3.63, 3.8) is 0 Å². The number of rotatable bonds is 3. The van der Waals surface area contributed by atoms with Crippen LogP contribution in [-0.4, -0.2) is 14.5 Å². The molecule has 19 heavy (non-hydrogen) atoms. The van der Waals surface area contributed by atoms with Crippen LogP contribution in [0.4, 0.5) is 0 Å². The zero-order valence-electron chi connectivity index (χ0n) is 9.75. The second-order valence-electron chi connectivity index (χ2n) is 4.21. The molecule has 3 aromatic rings. The Morgan fingerprint density at radius 2 is 2.32 bits per heavy atom. The van der Waals surface area contributed by atoms with Gasteiger partial charge in [-0.1, -0.05) is 27.5 Å². The van der Waals surface area contributed by atoms with Gasteiger partial charge in [0.15, 0.2) is 4.96 Å². The predicted molar refractivity (Wildman–Crippen MR) is 80.9 cm³/mol. The molecule has 0 radical (unpaired) electrons. The number of aliphatic hydroxyl groups is 1. The lowest BCUT2D eigenvalue weighted by atomic mass is 10.1. The van der Waals surface area contributed by atoms with Gasteiger partial charge >= 0.3 is 0 Å². The maximum absolute atomic E-state index is 10.3. The molecule has 0 spiro atoms. The highest BCUT2D eigenvalue weighted by molar-refractivity contribution is 9.10. The summed E-state index contributed by atoms with van der Waals surface area (Å²) in [4.78, 5) is 5.40. The third kappa shape index (κ3) is 2.69. The fourth-order valence-electron chi connectivity index (χ4n) is 1.95. The summed E-state index contributed by atoms with van der Waals surface area (Å²) in [6.45, 7) is 0. The Kier molecular flexibility index (Phi) is 3.62. The van der Waals surface area contributed by atoms with E-state index in [0.29, 0.717) is 11.4 Å². The molecule has 3 rings (SSSR count). The molecule has 98 valence electrons. The van der Waals surface area contributed by atoms with Crippen molar-refractivity contribution in [2.75, 3.05) is 0 Å². The molecule has 0 amide bonds. The average molecular weight is 358 g/mol. The zero-order valence-corrected chi connectivity index (χ0v) is 12.9. The Balaban J connectivity index is 1.86. The molecule has 0 aliphatic rings. The van der Waals surface area contributed by atoms with E-state index in [2.05, 4.69) is 20.9 Å². The minimum absolute atomic E-state index is 0.466. The van der Waals surface area contributed by atoms with Gasteiger partial charge in [0.1, 0.15) is 0 Å². The SMILES string of the molecule is OC(Cc1cn2ccsc2n1)c1cc(Cl)ccc1Br. The summed E-state index contributed by atoms with van der Waals surface area (Å²) in [5.41, 5.74) is 1.65. The van der Waals surface area contributed by atoms with Gasteiger partial charge in [-0.05, 0) is 23.8 Å². The topological polar surface area (TPSA) is 37.5 Å². The summed E-state index contributed by atoms with van der Waals surface area (Å²) in [5.74, 6) is 0. The first-order chi connectivity index (χ1) is 9.13. The maximum atomic E-state index is 10.3. The quantitative estimate of drug-likeness (QED) is 0.766. The van der Waals surface area contributed by atoms with E-state index in [1.165, 1.54) is 0 Å². The summed E-state index contributed by atoms with van der Waals surface area (Å²) < 4.78 is 2.81. The average Bonchev–Trinajstić information content (AvgIpc) is 2.92. The third-order valence-corrected chi connectivity index (χ3v) is 4.59. The van der Waals surface area contributed by atoms with Crippen LogP contribution in [0.2, 0.25) is 5.02 Å². The van der Waals surface area contributed by atoms with Crippen molar-refractivity contribution in [1.29, 1.82) is 0 Å². The number of nitrogens with zero attached hydrogens (tertiary/aromatic N) is 2. The molecular weight excluding hydrogens is 348 g/mol. The van der Waals surface area contributed by atoms with E-state index in [-0.39, 0.29) is 0 Å². The third-order valence-electron chi connectivity index (χ3n) is 2.86. The monoisotopic (exact) mass is 356 g/mol. The second-order valence-corrected chi connectivity index (χ2v) is 6.37. The first kappa shape index (κ1) is 13.1. The van der Waals surface area contributed by atoms with Crippen LogP contribution in [-0.2, 0) is 6.42 Å². The minimum Gasteiger partial charge on any atom is -0.388 e. The Hall–Kier alpha value is -0.880. The second kappa shape index (κ2) is 5.25. The van der Waals surface area contributed by atoms with Crippen LogP contribution >= 0.6 is 38.9 Å². The Labute approximate surface area is 127 Å². The summed E-state index contributed by atoms with van der Waals surface area (Å²) >= 11 is 11.0. The first-order valence-electron chi connectivity index (χ1n) is 5.67. The molecule has 1 atom stereocenters. The lowest BCUT2D eigenvalue weighted by Crippen LogP contribution is -2.03. The van der Waals surface area contributed by atoms with Gasteiger partial charge in [-0.15, -0.1) is 11.3 Å². The van der Waals surface area contributed by atoms with E-state index in [0.717, 1.165) is 20.7 Å². The molecule has 1 unspecified atom stereocenters. The number of thiazole rings is 1. The molecule has 6 heteroatoms. The van der Waals surface area contributed by atoms with E-state index >= 15 is 0 Å².